The zero-order valence-corrected chi connectivity index (χ0v) is 21.0. The van der Waals surface area contributed by atoms with Crippen molar-refractivity contribution in [3.63, 3.8) is 0 Å². The van der Waals surface area contributed by atoms with Crippen LogP contribution < -0.4 is 14.2 Å². The van der Waals surface area contributed by atoms with Gasteiger partial charge in [0.25, 0.3) is 0 Å². The summed E-state index contributed by atoms with van der Waals surface area (Å²) in [5, 5.41) is -0.123. The molecule has 1 saturated heterocycles. The first-order valence-corrected chi connectivity index (χ1v) is 12.7. The molecule has 3 rings (SSSR count). The fourth-order valence-electron chi connectivity index (χ4n) is 3.67. The smallest absolute Gasteiger partial charge is 0.224 e. The van der Waals surface area contributed by atoms with Crippen LogP contribution >= 0.6 is 23.5 Å². The summed E-state index contributed by atoms with van der Waals surface area (Å²) in [6.45, 7) is 1.45. The zero-order valence-electron chi connectivity index (χ0n) is 19.4. The number of rotatable bonds is 11. The topological polar surface area (TPSA) is 64.4 Å². The fourth-order valence-corrected chi connectivity index (χ4v) is 5.78. The minimum Gasteiger partial charge on any atom is -0.493 e. The summed E-state index contributed by atoms with van der Waals surface area (Å²) in [5.74, 6) is 6.25. The summed E-state index contributed by atoms with van der Waals surface area (Å²) in [5.41, 5.74) is 0.924. The van der Waals surface area contributed by atoms with E-state index in [0.29, 0.717) is 30.2 Å². The molecule has 1 fully saturated rings. The van der Waals surface area contributed by atoms with Crippen molar-refractivity contribution in [1.82, 2.24) is 9.80 Å². The van der Waals surface area contributed by atoms with Crippen LogP contribution in [0.3, 0.4) is 0 Å². The SMILES string of the molecule is COc1ccc(C2SCCC(=O)N2CCSCc2ccc(CN(C)C)o2)c(OC)c1OC. The van der Waals surface area contributed by atoms with E-state index in [1.807, 2.05) is 43.3 Å². The highest BCUT2D eigenvalue weighted by Gasteiger charge is 2.33. The van der Waals surface area contributed by atoms with Gasteiger partial charge < -0.3 is 28.4 Å². The molecule has 0 spiro atoms. The molecule has 1 aliphatic heterocycles. The number of amides is 1. The van der Waals surface area contributed by atoms with E-state index in [-0.39, 0.29) is 11.3 Å². The number of methoxy groups -OCH3 is 3. The van der Waals surface area contributed by atoms with Gasteiger partial charge in [0, 0.05) is 30.0 Å². The van der Waals surface area contributed by atoms with E-state index < -0.39 is 0 Å². The summed E-state index contributed by atoms with van der Waals surface area (Å²) < 4.78 is 22.5. The Morgan fingerprint density at radius 2 is 1.84 bits per heavy atom. The summed E-state index contributed by atoms with van der Waals surface area (Å²) in [4.78, 5) is 16.8. The maximum absolute atomic E-state index is 12.8. The standard InChI is InChI=1S/C23H32N2O5S2/c1-24(2)14-16-6-7-17(30-16)15-31-13-11-25-20(26)10-12-32-23(25)18-8-9-19(27-3)22(29-5)21(18)28-4/h6-9,23H,10-15H2,1-5H3. The first-order chi connectivity index (χ1) is 15.5. The first kappa shape index (κ1) is 24.7. The molecule has 1 aromatic carbocycles. The fraction of sp³-hybridized carbons (Fsp3) is 0.522. The molecule has 32 heavy (non-hydrogen) atoms. The molecule has 2 heterocycles. The van der Waals surface area contributed by atoms with Crippen LogP contribution in [-0.2, 0) is 17.1 Å². The Balaban J connectivity index is 1.67. The Morgan fingerprint density at radius 3 is 2.53 bits per heavy atom. The summed E-state index contributed by atoms with van der Waals surface area (Å²) >= 11 is 3.52. The zero-order chi connectivity index (χ0) is 23.1. The Hall–Kier alpha value is -1.97. The minimum absolute atomic E-state index is 0.123. The van der Waals surface area contributed by atoms with Crippen molar-refractivity contribution < 1.29 is 23.4 Å². The summed E-state index contributed by atoms with van der Waals surface area (Å²) in [6, 6.07) is 7.89. The Bertz CT molecular complexity index is 903. The van der Waals surface area contributed by atoms with Gasteiger partial charge in [-0.2, -0.15) is 11.8 Å². The van der Waals surface area contributed by atoms with Crippen LogP contribution in [0.15, 0.2) is 28.7 Å². The molecule has 7 nitrogen and oxygen atoms in total. The van der Waals surface area contributed by atoms with Crippen molar-refractivity contribution in [2.24, 2.45) is 0 Å². The molecule has 0 saturated carbocycles. The van der Waals surface area contributed by atoms with Crippen LogP contribution in [0.4, 0.5) is 0 Å². The molecule has 1 amide bonds. The lowest BCUT2D eigenvalue weighted by Crippen LogP contribution is -2.38. The lowest BCUT2D eigenvalue weighted by Gasteiger charge is -2.36. The summed E-state index contributed by atoms with van der Waals surface area (Å²) in [6.07, 6.45) is 0.549. The predicted octanol–water partition coefficient (Wildman–Crippen LogP) is 4.26. The van der Waals surface area contributed by atoms with Crippen molar-refractivity contribution in [2.75, 3.05) is 53.5 Å². The number of hydrogen-bond donors (Lipinski definition) is 0. The second kappa shape index (κ2) is 11.8. The van der Waals surface area contributed by atoms with Crippen molar-refractivity contribution in [3.05, 3.63) is 41.3 Å². The van der Waals surface area contributed by atoms with Gasteiger partial charge >= 0.3 is 0 Å². The molecule has 0 aliphatic carbocycles. The second-order valence-corrected chi connectivity index (χ2v) is 9.94. The highest BCUT2D eigenvalue weighted by molar-refractivity contribution is 7.99. The van der Waals surface area contributed by atoms with E-state index in [4.69, 9.17) is 18.6 Å². The van der Waals surface area contributed by atoms with Gasteiger partial charge in [0.15, 0.2) is 11.5 Å². The van der Waals surface area contributed by atoms with Gasteiger partial charge in [-0.05, 0) is 38.4 Å². The van der Waals surface area contributed by atoms with E-state index in [9.17, 15) is 4.79 Å². The highest BCUT2D eigenvalue weighted by Crippen LogP contribution is 2.48. The van der Waals surface area contributed by atoms with Crippen LogP contribution in [0.2, 0.25) is 0 Å². The quantitative estimate of drug-likeness (QED) is 0.442. The number of hydrogen-bond acceptors (Lipinski definition) is 8. The van der Waals surface area contributed by atoms with Crippen molar-refractivity contribution in [1.29, 1.82) is 0 Å². The van der Waals surface area contributed by atoms with Crippen molar-refractivity contribution in [2.45, 2.75) is 24.1 Å². The van der Waals surface area contributed by atoms with Crippen molar-refractivity contribution >= 4 is 29.4 Å². The van der Waals surface area contributed by atoms with E-state index in [0.717, 1.165) is 40.9 Å². The first-order valence-electron chi connectivity index (χ1n) is 10.5. The van der Waals surface area contributed by atoms with Crippen LogP contribution in [-0.4, -0.2) is 69.2 Å². The number of thioether (sulfide) groups is 2. The molecule has 1 unspecified atom stereocenters. The number of ether oxygens (including phenoxy) is 3. The number of nitrogens with zero attached hydrogens (tertiary/aromatic N) is 2. The Morgan fingerprint density at radius 1 is 1.09 bits per heavy atom. The lowest BCUT2D eigenvalue weighted by molar-refractivity contribution is -0.131. The van der Waals surface area contributed by atoms with Gasteiger partial charge in [-0.25, -0.2) is 0 Å². The van der Waals surface area contributed by atoms with Gasteiger partial charge in [-0.15, -0.1) is 11.8 Å². The van der Waals surface area contributed by atoms with Crippen LogP contribution in [0.25, 0.3) is 0 Å². The third-order valence-electron chi connectivity index (χ3n) is 5.11. The van der Waals surface area contributed by atoms with E-state index in [2.05, 4.69) is 4.90 Å². The molecule has 0 radical (unpaired) electrons. The molecule has 176 valence electrons. The van der Waals surface area contributed by atoms with Gasteiger partial charge in [-0.3, -0.25) is 4.79 Å². The molecule has 0 bridgehead atoms. The molecule has 9 heteroatoms. The van der Waals surface area contributed by atoms with Gasteiger partial charge in [0.05, 0.1) is 33.6 Å². The molecular formula is C23H32N2O5S2. The molecule has 1 aliphatic rings. The van der Waals surface area contributed by atoms with Gasteiger partial charge in [0.1, 0.15) is 16.9 Å². The van der Waals surface area contributed by atoms with Crippen LogP contribution in [0.1, 0.15) is 28.9 Å². The predicted molar refractivity (Wildman–Crippen MR) is 130 cm³/mol. The molecular weight excluding hydrogens is 448 g/mol. The average molecular weight is 481 g/mol. The molecule has 0 N–H and O–H groups in total. The van der Waals surface area contributed by atoms with Crippen molar-refractivity contribution in [3.8, 4) is 17.2 Å². The third kappa shape index (κ3) is 5.88. The number of carbonyl (C=O) groups excluding carboxylic acids is 1. The highest BCUT2D eigenvalue weighted by atomic mass is 32.2. The van der Waals surface area contributed by atoms with Crippen LogP contribution in [0.5, 0.6) is 17.2 Å². The Kier molecular flexibility index (Phi) is 9.07. The normalized spacial score (nSPS) is 16.5. The second-order valence-electron chi connectivity index (χ2n) is 7.64. The third-order valence-corrected chi connectivity index (χ3v) is 7.33. The maximum Gasteiger partial charge on any atom is 0.224 e. The van der Waals surface area contributed by atoms with Crippen LogP contribution in [0, 0.1) is 0 Å². The summed E-state index contributed by atoms with van der Waals surface area (Å²) in [7, 11) is 8.85. The number of benzene rings is 1. The largest absolute Gasteiger partial charge is 0.493 e. The van der Waals surface area contributed by atoms with E-state index >= 15 is 0 Å². The van der Waals surface area contributed by atoms with E-state index in [1.54, 1.807) is 44.9 Å². The average Bonchev–Trinajstić information content (AvgIpc) is 3.22. The molecule has 1 atom stereocenters. The maximum atomic E-state index is 12.8. The van der Waals surface area contributed by atoms with Gasteiger partial charge in [-0.1, -0.05) is 0 Å². The number of carbonyl (C=O) groups is 1. The monoisotopic (exact) mass is 480 g/mol. The minimum atomic E-state index is -0.123. The number of furan rings is 1. The Labute approximate surface area is 198 Å². The molecule has 2 aromatic rings. The van der Waals surface area contributed by atoms with E-state index in [1.165, 1.54) is 0 Å². The van der Waals surface area contributed by atoms with Gasteiger partial charge in [0.2, 0.25) is 11.7 Å². The molecule has 1 aromatic heterocycles. The lowest BCUT2D eigenvalue weighted by atomic mass is 10.1.